The number of amides is 1. The molecule has 0 spiro atoms. The highest BCUT2D eigenvalue weighted by Crippen LogP contribution is 2.15. The van der Waals surface area contributed by atoms with Crippen LogP contribution in [0.4, 0.5) is 10.2 Å². The topological polar surface area (TPSA) is 63.2 Å². The maximum absolute atomic E-state index is 13.2. The van der Waals surface area contributed by atoms with Gasteiger partial charge in [-0.25, -0.2) is 9.37 Å². The fourth-order valence-electron chi connectivity index (χ4n) is 2.04. The monoisotopic (exact) mass is 267 g/mol. The molecule has 1 fully saturated rings. The molecular formula is C13H18FN3O2. The van der Waals surface area contributed by atoms with Crippen LogP contribution in [0.15, 0.2) is 12.3 Å². The predicted molar refractivity (Wildman–Crippen MR) is 69.7 cm³/mol. The van der Waals surface area contributed by atoms with E-state index >= 15 is 0 Å². The largest absolute Gasteiger partial charge is 0.379 e. The molecule has 1 aromatic rings. The SMILES string of the molecule is CCNc1ncc(F)cc1C(=O)NC1CCCOC1. The molecule has 104 valence electrons. The van der Waals surface area contributed by atoms with Crippen molar-refractivity contribution in [2.75, 3.05) is 25.1 Å². The summed E-state index contributed by atoms with van der Waals surface area (Å²) in [6.07, 6.45) is 2.90. The van der Waals surface area contributed by atoms with Crippen LogP contribution >= 0.6 is 0 Å². The van der Waals surface area contributed by atoms with Gasteiger partial charge < -0.3 is 15.4 Å². The van der Waals surface area contributed by atoms with Gasteiger partial charge in [0.25, 0.3) is 5.91 Å². The van der Waals surface area contributed by atoms with E-state index < -0.39 is 5.82 Å². The second-order valence-corrected chi connectivity index (χ2v) is 4.47. The molecule has 1 aliphatic rings. The van der Waals surface area contributed by atoms with Crippen LogP contribution in [0, 0.1) is 5.82 Å². The summed E-state index contributed by atoms with van der Waals surface area (Å²) in [5.74, 6) is -0.441. The molecule has 0 aromatic carbocycles. The lowest BCUT2D eigenvalue weighted by atomic mass is 10.1. The average Bonchev–Trinajstić information content (AvgIpc) is 2.42. The molecule has 19 heavy (non-hydrogen) atoms. The van der Waals surface area contributed by atoms with E-state index in [-0.39, 0.29) is 17.5 Å². The summed E-state index contributed by atoms with van der Waals surface area (Å²) in [6, 6.07) is 1.18. The van der Waals surface area contributed by atoms with Gasteiger partial charge in [-0.1, -0.05) is 0 Å². The number of nitrogens with zero attached hydrogens (tertiary/aromatic N) is 1. The zero-order chi connectivity index (χ0) is 13.7. The number of aromatic nitrogens is 1. The molecule has 0 radical (unpaired) electrons. The maximum Gasteiger partial charge on any atom is 0.255 e. The number of halogens is 1. The van der Waals surface area contributed by atoms with E-state index in [4.69, 9.17) is 4.74 Å². The fourth-order valence-corrected chi connectivity index (χ4v) is 2.04. The van der Waals surface area contributed by atoms with Crippen LogP contribution in [0.3, 0.4) is 0 Å². The number of nitrogens with one attached hydrogen (secondary N) is 2. The van der Waals surface area contributed by atoms with Crippen molar-refractivity contribution < 1.29 is 13.9 Å². The van der Waals surface area contributed by atoms with E-state index in [0.717, 1.165) is 25.6 Å². The molecule has 2 N–H and O–H groups in total. The third kappa shape index (κ3) is 3.64. The van der Waals surface area contributed by atoms with Gasteiger partial charge in [0, 0.05) is 13.2 Å². The third-order valence-corrected chi connectivity index (χ3v) is 2.94. The highest BCUT2D eigenvalue weighted by molar-refractivity contribution is 5.98. The van der Waals surface area contributed by atoms with Crippen LogP contribution in [0.5, 0.6) is 0 Å². The molecule has 0 saturated carbocycles. The normalized spacial score (nSPS) is 18.9. The molecule has 2 heterocycles. The summed E-state index contributed by atoms with van der Waals surface area (Å²) < 4.78 is 18.5. The molecule has 1 aliphatic heterocycles. The Morgan fingerprint density at radius 3 is 3.16 bits per heavy atom. The van der Waals surface area contributed by atoms with Crippen LogP contribution in [0.25, 0.3) is 0 Å². The zero-order valence-electron chi connectivity index (χ0n) is 10.9. The summed E-state index contributed by atoms with van der Waals surface area (Å²) in [6.45, 7) is 3.74. The first-order valence-electron chi connectivity index (χ1n) is 6.48. The van der Waals surface area contributed by atoms with Crippen LogP contribution in [0.1, 0.15) is 30.1 Å². The van der Waals surface area contributed by atoms with Crippen molar-refractivity contribution in [3.05, 3.63) is 23.6 Å². The molecule has 1 saturated heterocycles. The van der Waals surface area contributed by atoms with Gasteiger partial charge in [-0.05, 0) is 25.8 Å². The van der Waals surface area contributed by atoms with E-state index in [1.165, 1.54) is 6.07 Å². The fraction of sp³-hybridized carbons (Fsp3) is 0.538. The quantitative estimate of drug-likeness (QED) is 0.869. The van der Waals surface area contributed by atoms with Crippen LogP contribution in [-0.2, 0) is 4.74 Å². The van der Waals surface area contributed by atoms with E-state index in [0.29, 0.717) is 19.0 Å². The predicted octanol–water partition coefficient (Wildman–Crippen LogP) is 1.56. The summed E-state index contributed by atoms with van der Waals surface area (Å²) in [5, 5.41) is 5.80. The van der Waals surface area contributed by atoms with Gasteiger partial charge in [-0.2, -0.15) is 0 Å². The van der Waals surface area contributed by atoms with Crippen molar-refractivity contribution >= 4 is 11.7 Å². The maximum atomic E-state index is 13.2. The molecule has 1 atom stereocenters. The van der Waals surface area contributed by atoms with Crippen molar-refractivity contribution in [1.29, 1.82) is 0 Å². The van der Waals surface area contributed by atoms with Gasteiger partial charge in [0.15, 0.2) is 0 Å². The smallest absolute Gasteiger partial charge is 0.255 e. The number of ether oxygens (including phenoxy) is 1. The second kappa shape index (κ2) is 6.47. The first-order chi connectivity index (χ1) is 9.20. The van der Waals surface area contributed by atoms with Gasteiger partial charge >= 0.3 is 0 Å². The van der Waals surface area contributed by atoms with Gasteiger partial charge in [0.2, 0.25) is 0 Å². The van der Waals surface area contributed by atoms with Crippen LogP contribution in [0.2, 0.25) is 0 Å². The highest BCUT2D eigenvalue weighted by atomic mass is 19.1. The van der Waals surface area contributed by atoms with Gasteiger partial charge in [0.05, 0.1) is 24.4 Å². The van der Waals surface area contributed by atoms with Crippen molar-refractivity contribution in [3.63, 3.8) is 0 Å². The number of rotatable bonds is 4. The highest BCUT2D eigenvalue weighted by Gasteiger charge is 2.20. The lowest BCUT2D eigenvalue weighted by Crippen LogP contribution is -2.40. The molecule has 1 amide bonds. The Bertz CT molecular complexity index is 448. The van der Waals surface area contributed by atoms with E-state index in [1.807, 2.05) is 6.92 Å². The second-order valence-electron chi connectivity index (χ2n) is 4.47. The Labute approximate surface area is 111 Å². The Kier molecular flexibility index (Phi) is 4.68. The minimum absolute atomic E-state index is 0.0148. The molecule has 1 unspecified atom stereocenters. The number of carbonyl (C=O) groups excluding carboxylic acids is 1. The summed E-state index contributed by atoms with van der Waals surface area (Å²) in [7, 11) is 0. The number of hydrogen-bond acceptors (Lipinski definition) is 4. The van der Waals surface area contributed by atoms with Gasteiger partial charge in [-0.15, -0.1) is 0 Å². The molecular weight excluding hydrogens is 249 g/mol. The number of pyridine rings is 1. The lowest BCUT2D eigenvalue weighted by Gasteiger charge is -2.23. The average molecular weight is 267 g/mol. The minimum Gasteiger partial charge on any atom is -0.379 e. The van der Waals surface area contributed by atoms with Gasteiger partial charge in [-0.3, -0.25) is 4.79 Å². The first-order valence-corrected chi connectivity index (χ1v) is 6.48. The van der Waals surface area contributed by atoms with E-state index in [2.05, 4.69) is 15.6 Å². The molecule has 2 rings (SSSR count). The lowest BCUT2D eigenvalue weighted by molar-refractivity contribution is 0.0624. The number of hydrogen-bond donors (Lipinski definition) is 2. The van der Waals surface area contributed by atoms with Crippen molar-refractivity contribution in [2.45, 2.75) is 25.8 Å². The standard InChI is InChI=1S/C13H18FN3O2/c1-2-15-12-11(6-9(14)7-16-12)13(18)17-10-4-3-5-19-8-10/h6-7,10H,2-5,8H2,1H3,(H,15,16)(H,17,18). The van der Waals surface area contributed by atoms with Crippen molar-refractivity contribution in [3.8, 4) is 0 Å². The van der Waals surface area contributed by atoms with Crippen LogP contribution in [-0.4, -0.2) is 36.7 Å². The summed E-state index contributed by atoms with van der Waals surface area (Å²) >= 11 is 0. The van der Waals surface area contributed by atoms with E-state index in [1.54, 1.807) is 0 Å². The molecule has 0 aliphatic carbocycles. The minimum atomic E-state index is -0.522. The van der Waals surface area contributed by atoms with Crippen LogP contribution < -0.4 is 10.6 Å². The van der Waals surface area contributed by atoms with Crippen molar-refractivity contribution in [2.24, 2.45) is 0 Å². The molecule has 6 heteroatoms. The van der Waals surface area contributed by atoms with E-state index in [9.17, 15) is 9.18 Å². The number of carbonyl (C=O) groups is 1. The third-order valence-electron chi connectivity index (χ3n) is 2.94. The first kappa shape index (κ1) is 13.7. The Morgan fingerprint density at radius 2 is 2.47 bits per heavy atom. The number of anilines is 1. The molecule has 1 aromatic heterocycles. The zero-order valence-corrected chi connectivity index (χ0v) is 10.9. The molecule has 5 nitrogen and oxygen atoms in total. The summed E-state index contributed by atoms with van der Waals surface area (Å²) in [5.41, 5.74) is 0.229. The molecule has 0 bridgehead atoms. The summed E-state index contributed by atoms with van der Waals surface area (Å²) in [4.78, 5) is 16.1. The Balaban J connectivity index is 2.10. The van der Waals surface area contributed by atoms with Crippen molar-refractivity contribution in [1.82, 2.24) is 10.3 Å². The van der Waals surface area contributed by atoms with Gasteiger partial charge in [0.1, 0.15) is 11.6 Å². The Morgan fingerprint density at radius 1 is 1.63 bits per heavy atom. The Hall–Kier alpha value is -1.69.